The Bertz CT molecular complexity index is 1310. The van der Waals surface area contributed by atoms with Crippen LogP contribution in [0.2, 0.25) is 10.0 Å². The van der Waals surface area contributed by atoms with E-state index in [0.29, 0.717) is 21.2 Å². The van der Waals surface area contributed by atoms with Gasteiger partial charge in [-0.1, -0.05) is 89.6 Å². The lowest BCUT2D eigenvalue weighted by Crippen LogP contribution is -2.02. The summed E-state index contributed by atoms with van der Waals surface area (Å²) in [7, 11) is 0. The Morgan fingerprint density at radius 1 is 0.759 bits per heavy atom. The monoisotopic (exact) mass is 414 g/mol. The molecule has 0 bridgehead atoms. The number of hydrogen-bond donors (Lipinski definition) is 0. The molecule has 0 saturated heterocycles. The summed E-state index contributed by atoms with van der Waals surface area (Å²) in [4.78, 5) is 12.8. The molecule has 140 valence electrons. The van der Waals surface area contributed by atoms with E-state index in [1.807, 2.05) is 72.8 Å². The lowest BCUT2D eigenvalue weighted by Gasteiger charge is -2.14. The Morgan fingerprint density at radius 2 is 1.41 bits per heavy atom. The number of benzene rings is 4. The molecule has 0 heterocycles. The fourth-order valence-corrected chi connectivity index (χ4v) is 3.85. The van der Waals surface area contributed by atoms with Gasteiger partial charge in [-0.3, -0.25) is 4.79 Å². The molecule has 0 spiro atoms. The van der Waals surface area contributed by atoms with Gasteiger partial charge in [-0.25, -0.2) is 0 Å². The number of rotatable bonds is 2. The molecular weight excluding hydrogens is 399 g/mol. The van der Waals surface area contributed by atoms with Crippen molar-refractivity contribution in [2.45, 2.75) is 6.92 Å². The zero-order valence-electron chi connectivity index (χ0n) is 15.7. The summed E-state index contributed by atoms with van der Waals surface area (Å²) in [5.74, 6) is 6.31. The highest BCUT2D eigenvalue weighted by Gasteiger charge is 2.18. The summed E-state index contributed by atoms with van der Waals surface area (Å²) in [5.41, 5.74) is 3.56. The van der Waals surface area contributed by atoms with E-state index in [9.17, 15) is 4.79 Å². The van der Waals surface area contributed by atoms with Crippen LogP contribution in [0.4, 0.5) is 0 Å². The van der Waals surface area contributed by atoms with E-state index in [2.05, 4.69) is 11.8 Å². The van der Waals surface area contributed by atoms with Crippen molar-refractivity contribution in [3.63, 3.8) is 0 Å². The summed E-state index contributed by atoms with van der Waals surface area (Å²) in [6, 6.07) is 24.9. The van der Waals surface area contributed by atoms with Crippen molar-refractivity contribution >= 4 is 39.8 Å². The van der Waals surface area contributed by atoms with Crippen molar-refractivity contribution in [3.05, 3.63) is 106 Å². The van der Waals surface area contributed by atoms with Crippen LogP contribution in [0.5, 0.6) is 0 Å². The predicted octanol–water partition coefficient (Wildman–Crippen LogP) is 7.42. The number of carbonyl (C=O) groups excluding carboxylic acids is 1. The third kappa shape index (κ3) is 3.78. The molecule has 0 atom stereocenters. The molecule has 0 aliphatic carbocycles. The van der Waals surface area contributed by atoms with Crippen LogP contribution in [0, 0.1) is 11.8 Å². The molecule has 0 aliphatic heterocycles. The lowest BCUT2D eigenvalue weighted by molar-refractivity contribution is 0.101. The van der Waals surface area contributed by atoms with E-state index >= 15 is 0 Å². The van der Waals surface area contributed by atoms with E-state index < -0.39 is 0 Å². The molecule has 29 heavy (non-hydrogen) atoms. The maximum atomic E-state index is 12.8. The van der Waals surface area contributed by atoms with Gasteiger partial charge < -0.3 is 0 Å². The van der Waals surface area contributed by atoms with Crippen LogP contribution in [0.25, 0.3) is 21.9 Å². The highest BCUT2D eigenvalue weighted by molar-refractivity contribution is 6.33. The normalized spacial score (nSPS) is 10.4. The van der Waals surface area contributed by atoms with E-state index in [0.717, 1.165) is 27.5 Å². The van der Waals surface area contributed by atoms with Crippen LogP contribution in [0.1, 0.15) is 28.4 Å². The highest BCUT2D eigenvalue weighted by Crippen LogP contribution is 2.36. The second-order valence-corrected chi connectivity index (χ2v) is 7.48. The van der Waals surface area contributed by atoms with E-state index in [1.165, 1.54) is 0 Å². The molecular formula is C26H16Cl2O. The van der Waals surface area contributed by atoms with Gasteiger partial charge in [-0.15, -0.1) is 0 Å². The highest BCUT2D eigenvalue weighted by atomic mass is 35.5. The van der Waals surface area contributed by atoms with Crippen LogP contribution in [-0.2, 0) is 0 Å². The SMILES string of the molecule is CC(=O)c1c(-c2ccccc2Cl)cc2ccccc2c1C#Cc1ccccc1Cl. The Hall–Kier alpha value is -3.05. The van der Waals surface area contributed by atoms with Crippen molar-refractivity contribution in [1.82, 2.24) is 0 Å². The third-order valence-corrected chi connectivity index (χ3v) is 5.42. The van der Waals surface area contributed by atoms with Gasteiger partial charge in [-0.2, -0.15) is 0 Å². The van der Waals surface area contributed by atoms with Gasteiger partial charge in [0.2, 0.25) is 0 Å². The quantitative estimate of drug-likeness (QED) is 0.246. The number of ketones is 1. The van der Waals surface area contributed by atoms with Crippen molar-refractivity contribution in [2.24, 2.45) is 0 Å². The van der Waals surface area contributed by atoms with Gasteiger partial charge in [0, 0.05) is 27.3 Å². The molecule has 0 aliphatic rings. The van der Waals surface area contributed by atoms with Gasteiger partial charge in [0.25, 0.3) is 0 Å². The number of hydrogen-bond acceptors (Lipinski definition) is 1. The summed E-state index contributed by atoms with van der Waals surface area (Å²) in [5, 5.41) is 3.09. The molecule has 0 fully saturated rings. The molecule has 4 rings (SSSR count). The van der Waals surface area contributed by atoms with Gasteiger partial charge in [0.1, 0.15) is 0 Å². The second-order valence-electron chi connectivity index (χ2n) is 6.66. The first-order valence-corrected chi connectivity index (χ1v) is 9.90. The van der Waals surface area contributed by atoms with Gasteiger partial charge in [0.05, 0.1) is 5.02 Å². The molecule has 4 aromatic rings. The van der Waals surface area contributed by atoms with E-state index in [1.54, 1.807) is 13.0 Å². The largest absolute Gasteiger partial charge is 0.294 e. The fraction of sp³-hybridized carbons (Fsp3) is 0.0385. The van der Waals surface area contributed by atoms with E-state index in [4.69, 9.17) is 23.2 Å². The van der Waals surface area contributed by atoms with Crippen molar-refractivity contribution in [1.29, 1.82) is 0 Å². The van der Waals surface area contributed by atoms with Crippen molar-refractivity contribution < 1.29 is 4.79 Å². The summed E-state index contributed by atoms with van der Waals surface area (Å²) < 4.78 is 0. The first kappa shape index (κ1) is 19.3. The van der Waals surface area contributed by atoms with Gasteiger partial charge >= 0.3 is 0 Å². The smallest absolute Gasteiger partial charge is 0.161 e. The van der Waals surface area contributed by atoms with Gasteiger partial charge in [0.15, 0.2) is 5.78 Å². The maximum Gasteiger partial charge on any atom is 0.161 e. The zero-order chi connectivity index (χ0) is 20.4. The topological polar surface area (TPSA) is 17.1 Å². The third-order valence-electron chi connectivity index (χ3n) is 4.76. The summed E-state index contributed by atoms with van der Waals surface area (Å²) >= 11 is 12.7. The Balaban J connectivity index is 2.08. The second kappa shape index (κ2) is 8.13. The molecule has 1 nitrogen and oxygen atoms in total. The number of carbonyl (C=O) groups is 1. The van der Waals surface area contributed by atoms with Crippen LogP contribution in [-0.4, -0.2) is 5.78 Å². The molecule has 3 heteroatoms. The molecule has 0 unspecified atom stereocenters. The maximum absolute atomic E-state index is 12.8. The van der Waals surface area contributed by atoms with Crippen LogP contribution in [0.3, 0.4) is 0 Å². The van der Waals surface area contributed by atoms with Gasteiger partial charge in [-0.05, 0) is 47.5 Å². The Kier molecular flexibility index (Phi) is 5.41. The first-order chi connectivity index (χ1) is 14.1. The first-order valence-electron chi connectivity index (χ1n) is 9.14. The molecule has 0 aromatic heterocycles. The van der Waals surface area contributed by atoms with Crippen molar-refractivity contribution in [3.8, 4) is 23.0 Å². The Morgan fingerprint density at radius 3 is 2.14 bits per heavy atom. The molecule has 4 aromatic carbocycles. The summed E-state index contributed by atoms with van der Waals surface area (Å²) in [6.45, 7) is 1.56. The standard InChI is InChI=1S/C26H16Cl2O/c1-17(29)26-22(15-14-18-8-3-6-12-24(18)27)20-10-4-2-9-19(20)16-23(26)21-11-5-7-13-25(21)28/h2-13,16H,1H3. The molecule has 0 saturated carbocycles. The molecule has 0 N–H and O–H groups in total. The van der Waals surface area contributed by atoms with E-state index in [-0.39, 0.29) is 5.78 Å². The summed E-state index contributed by atoms with van der Waals surface area (Å²) in [6.07, 6.45) is 0. The van der Waals surface area contributed by atoms with Crippen LogP contribution in [0.15, 0.2) is 78.9 Å². The minimum atomic E-state index is -0.0610. The lowest BCUT2D eigenvalue weighted by atomic mass is 9.88. The Labute approximate surface area is 179 Å². The number of Topliss-reactive ketones (excluding diaryl/α,β-unsaturated/α-hetero) is 1. The number of fused-ring (bicyclic) bond motifs is 1. The van der Waals surface area contributed by atoms with Crippen LogP contribution < -0.4 is 0 Å². The average molecular weight is 415 g/mol. The minimum absolute atomic E-state index is 0.0610. The van der Waals surface area contributed by atoms with Crippen molar-refractivity contribution in [2.75, 3.05) is 0 Å². The average Bonchev–Trinajstić information content (AvgIpc) is 2.72. The zero-order valence-corrected chi connectivity index (χ0v) is 17.2. The fourth-order valence-electron chi connectivity index (χ4n) is 3.43. The molecule has 0 amide bonds. The predicted molar refractivity (Wildman–Crippen MR) is 122 cm³/mol. The van der Waals surface area contributed by atoms with Crippen LogP contribution >= 0.6 is 23.2 Å². The number of halogens is 2. The minimum Gasteiger partial charge on any atom is -0.294 e. The molecule has 0 radical (unpaired) electrons.